The predicted octanol–water partition coefficient (Wildman–Crippen LogP) is 3.69. The fraction of sp³-hybridized carbons (Fsp3) is 0.263. The molecule has 0 aliphatic rings. The number of halogens is 2. The number of hydrogen-bond acceptors (Lipinski definition) is 5. The average Bonchev–Trinajstić information content (AvgIpc) is 3.02. The van der Waals surface area contributed by atoms with Crippen LogP contribution in [0.5, 0.6) is 5.75 Å². The molecule has 0 bridgehead atoms. The minimum atomic E-state index is -4.20. The molecule has 0 N–H and O–H groups in total. The van der Waals surface area contributed by atoms with E-state index in [1.807, 2.05) is 0 Å². The van der Waals surface area contributed by atoms with Crippen LogP contribution in [0, 0.1) is 13.8 Å². The van der Waals surface area contributed by atoms with E-state index in [-0.39, 0.29) is 22.8 Å². The minimum Gasteiger partial charge on any atom is -0.497 e. The number of benzene rings is 1. The van der Waals surface area contributed by atoms with Gasteiger partial charge in [0.05, 0.1) is 30.7 Å². The molecule has 2 aromatic heterocycles. The van der Waals surface area contributed by atoms with E-state index in [0.29, 0.717) is 21.7 Å². The summed E-state index contributed by atoms with van der Waals surface area (Å²) in [7, 11) is -2.69. The maximum Gasteiger partial charge on any atom is 0.333 e. The van der Waals surface area contributed by atoms with Gasteiger partial charge in [0.15, 0.2) is 0 Å². The first-order valence-corrected chi connectivity index (χ1v) is 10.1. The number of rotatable bonds is 7. The first kappa shape index (κ1) is 20.7. The number of nitrogens with zero attached hydrogens (tertiary/aromatic N) is 4. The Balaban J connectivity index is 2.14. The topological polar surface area (TPSA) is 77.3 Å². The van der Waals surface area contributed by atoms with Gasteiger partial charge >= 0.3 is 6.55 Å². The third-order valence-electron chi connectivity index (χ3n) is 4.40. The zero-order chi connectivity index (χ0) is 21.2. The van der Waals surface area contributed by atoms with E-state index in [1.165, 1.54) is 21.0 Å². The van der Waals surface area contributed by atoms with Crippen molar-refractivity contribution >= 4 is 15.7 Å². The third-order valence-corrected chi connectivity index (χ3v) is 6.43. The van der Waals surface area contributed by atoms with Gasteiger partial charge in [-0.2, -0.15) is 13.9 Å². The van der Waals surface area contributed by atoms with Gasteiger partial charge in [-0.05, 0) is 49.7 Å². The molecule has 0 aliphatic heterocycles. The number of hydrogen-bond donors (Lipinski definition) is 0. The molecule has 2 heterocycles. The van der Waals surface area contributed by atoms with E-state index in [2.05, 4.69) is 10.1 Å². The SMILES string of the molecule is COc1ccc(N(Cc2cccnc2)S(=O)(=O)c2c(C)nn(C(F)F)c2C)cc1. The molecule has 0 saturated heterocycles. The number of pyridine rings is 1. The lowest BCUT2D eigenvalue weighted by molar-refractivity contribution is 0.0538. The van der Waals surface area contributed by atoms with Gasteiger partial charge < -0.3 is 4.74 Å². The molecule has 154 valence electrons. The Morgan fingerprint density at radius 1 is 1.17 bits per heavy atom. The lowest BCUT2D eigenvalue weighted by Gasteiger charge is -2.25. The Morgan fingerprint density at radius 2 is 1.86 bits per heavy atom. The first-order valence-electron chi connectivity index (χ1n) is 8.65. The number of alkyl halides is 2. The molecule has 0 unspecified atom stereocenters. The van der Waals surface area contributed by atoms with Crippen molar-refractivity contribution < 1.29 is 21.9 Å². The number of ether oxygens (including phenoxy) is 1. The molecule has 0 atom stereocenters. The second-order valence-electron chi connectivity index (χ2n) is 6.29. The van der Waals surface area contributed by atoms with E-state index in [4.69, 9.17) is 4.74 Å². The quantitative estimate of drug-likeness (QED) is 0.580. The zero-order valence-electron chi connectivity index (χ0n) is 16.1. The van der Waals surface area contributed by atoms with Crippen LogP contribution in [0.2, 0.25) is 0 Å². The molecule has 1 aromatic carbocycles. The fourth-order valence-corrected chi connectivity index (χ4v) is 4.86. The van der Waals surface area contributed by atoms with E-state index >= 15 is 0 Å². The van der Waals surface area contributed by atoms with Crippen LogP contribution in [0.1, 0.15) is 23.5 Å². The van der Waals surface area contributed by atoms with Crippen molar-refractivity contribution in [1.82, 2.24) is 14.8 Å². The molecule has 0 spiro atoms. The Kier molecular flexibility index (Phi) is 5.83. The standard InChI is InChI=1S/C19H20F2N4O3S/c1-13-18(14(2)25(23-13)19(20)21)29(26,27)24(12-15-5-4-10-22-11-15)16-6-8-17(28-3)9-7-16/h4-11,19H,12H2,1-3H3. The highest BCUT2D eigenvalue weighted by molar-refractivity contribution is 7.92. The van der Waals surface area contributed by atoms with Gasteiger partial charge in [0, 0.05) is 12.4 Å². The molecule has 7 nitrogen and oxygen atoms in total. The van der Waals surface area contributed by atoms with Crippen molar-refractivity contribution in [3.8, 4) is 5.75 Å². The van der Waals surface area contributed by atoms with Gasteiger partial charge in [0.2, 0.25) is 0 Å². The van der Waals surface area contributed by atoms with Crippen molar-refractivity contribution in [1.29, 1.82) is 0 Å². The van der Waals surface area contributed by atoms with Crippen LogP contribution in [0.15, 0.2) is 53.7 Å². The van der Waals surface area contributed by atoms with Crippen LogP contribution in [-0.4, -0.2) is 30.3 Å². The Labute approximate surface area is 167 Å². The van der Waals surface area contributed by atoms with Crippen LogP contribution in [0.25, 0.3) is 0 Å². The number of sulfonamides is 1. The number of aryl methyl sites for hydroxylation is 1. The summed E-state index contributed by atoms with van der Waals surface area (Å²) in [4.78, 5) is 3.78. The number of aromatic nitrogens is 3. The zero-order valence-corrected chi connectivity index (χ0v) is 16.9. The van der Waals surface area contributed by atoms with E-state index in [0.717, 1.165) is 4.31 Å². The molecule has 0 amide bonds. The van der Waals surface area contributed by atoms with Gasteiger partial charge in [-0.3, -0.25) is 9.29 Å². The highest BCUT2D eigenvalue weighted by atomic mass is 32.2. The number of methoxy groups -OCH3 is 1. The fourth-order valence-electron chi connectivity index (χ4n) is 3.04. The van der Waals surface area contributed by atoms with Gasteiger partial charge in [-0.15, -0.1) is 0 Å². The average molecular weight is 422 g/mol. The monoisotopic (exact) mass is 422 g/mol. The highest BCUT2D eigenvalue weighted by Crippen LogP contribution is 2.31. The maximum atomic E-state index is 13.5. The summed E-state index contributed by atoms with van der Waals surface area (Å²) >= 11 is 0. The lowest BCUT2D eigenvalue weighted by atomic mass is 10.2. The van der Waals surface area contributed by atoms with Crippen molar-refractivity contribution in [2.45, 2.75) is 31.8 Å². The summed E-state index contributed by atoms with van der Waals surface area (Å²) in [6.45, 7) is -0.253. The molecular formula is C19H20F2N4O3S. The molecule has 3 aromatic rings. The second-order valence-corrected chi connectivity index (χ2v) is 8.09. The summed E-state index contributed by atoms with van der Waals surface area (Å²) in [5.74, 6) is 0.561. The third kappa shape index (κ3) is 4.07. The van der Waals surface area contributed by atoms with Crippen molar-refractivity contribution in [2.75, 3.05) is 11.4 Å². The van der Waals surface area contributed by atoms with Gasteiger partial charge in [0.25, 0.3) is 10.0 Å². The Bertz CT molecular complexity index is 1080. The molecule has 0 fully saturated rings. The van der Waals surface area contributed by atoms with E-state index in [9.17, 15) is 17.2 Å². The number of anilines is 1. The largest absolute Gasteiger partial charge is 0.497 e. The van der Waals surface area contributed by atoms with Gasteiger partial charge in [0.1, 0.15) is 10.6 Å². The van der Waals surface area contributed by atoms with Crippen molar-refractivity contribution in [3.05, 3.63) is 65.7 Å². The summed E-state index contributed by atoms with van der Waals surface area (Å²) in [5.41, 5.74) is 0.886. The van der Waals surface area contributed by atoms with E-state index in [1.54, 1.807) is 48.8 Å². The molecule has 3 rings (SSSR count). The Morgan fingerprint density at radius 3 is 2.38 bits per heavy atom. The lowest BCUT2D eigenvalue weighted by Crippen LogP contribution is -2.31. The summed E-state index contributed by atoms with van der Waals surface area (Å²) in [5, 5.41) is 3.71. The molecule has 10 heteroatoms. The van der Waals surface area contributed by atoms with Crippen LogP contribution < -0.4 is 9.04 Å². The predicted molar refractivity (Wildman–Crippen MR) is 104 cm³/mol. The van der Waals surface area contributed by atoms with Gasteiger partial charge in [-0.25, -0.2) is 13.1 Å². The maximum absolute atomic E-state index is 13.5. The van der Waals surface area contributed by atoms with Gasteiger partial charge in [-0.1, -0.05) is 6.07 Å². The summed E-state index contributed by atoms with van der Waals surface area (Å²) < 4.78 is 60.3. The minimum absolute atomic E-state index is 0.00694. The van der Waals surface area contributed by atoms with Crippen LogP contribution in [0.4, 0.5) is 14.5 Å². The molecule has 29 heavy (non-hydrogen) atoms. The smallest absolute Gasteiger partial charge is 0.333 e. The summed E-state index contributed by atoms with van der Waals surface area (Å²) in [6.07, 6.45) is 3.13. The second kappa shape index (κ2) is 8.16. The Hall–Kier alpha value is -3.01. The highest BCUT2D eigenvalue weighted by Gasteiger charge is 2.33. The van der Waals surface area contributed by atoms with Crippen LogP contribution in [-0.2, 0) is 16.6 Å². The van der Waals surface area contributed by atoms with E-state index < -0.39 is 16.6 Å². The van der Waals surface area contributed by atoms with Crippen molar-refractivity contribution in [2.24, 2.45) is 0 Å². The van der Waals surface area contributed by atoms with Crippen molar-refractivity contribution in [3.63, 3.8) is 0 Å². The normalized spacial score (nSPS) is 11.7. The molecule has 0 aliphatic carbocycles. The summed E-state index contributed by atoms with van der Waals surface area (Å²) in [6, 6.07) is 9.87. The molecular weight excluding hydrogens is 402 g/mol. The first-order chi connectivity index (χ1) is 13.8. The molecule has 0 saturated carbocycles. The van der Waals surface area contributed by atoms with Crippen LogP contribution in [0.3, 0.4) is 0 Å². The molecule has 0 radical (unpaired) electrons. The van der Waals surface area contributed by atoms with Crippen LogP contribution >= 0.6 is 0 Å².